The molecule has 1 heterocycles. The first-order valence-electron chi connectivity index (χ1n) is 7.86. The highest BCUT2D eigenvalue weighted by molar-refractivity contribution is 5.94. The molecule has 1 fully saturated rings. The lowest BCUT2D eigenvalue weighted by Gasteiger charge is -2.35. The van der Waals surface area contributed by atoms with E-state index in [1.54, 1.807) is 0 Å². The molecule has 0 bridgehead atoms. The van der Waals surface area contributed by atoms with E-state index in [9.17, 15) is 14.9 Å². The number of carbonyl (C=O) groups is 1. The minimum Gasteiger partial charge on any atom is -0.373 e. The number of carbonyl (C=O) groups excluding carboxylic acids is 1. The lowest BCUT2D eigenvalue weighted by molar-refractivity contribution is -0.384. The number of morpholine rings is 1. The molecule has 126 valence electrons. The van der Waals surface area contributed by atoms with Crippen LogP contribution < -0.4 is 5.32 Å². The van der Waals surface area contributed by atoms with E-state index in [2.05, 4.69) is 24.1 Å². The Kier molecular flexibility index (Phi) is 6.06. The van der Waals surface area contributed by atoms with Crippen molar-refractivity contribution >= 4 is 11.6 Å². The summed E-state index contributed by atoms with van der Waals surface area (Å²) in [5.74, 6) is -0.205. The van der Waals surface area contributed by atoms with E-state index in [0.717, 1.165) is 26.1 Å². The minimum absolute atomic E-state index is 0.0166. The molecule has 1 aromatic rings. The molecule has 1 aromatic carbocycles. The largest absolute Gasteiger partial charge is 0.373 e. The molecular formula is C16H23N3O4. The van der Waals surface area contributed by atoms with Gasteiger partial charge in [-0.25, -0.2) is 0 Å². The average molecular weight is 321 g/mol. The lowest BCUT2D eigenvalue weighted by atomic mass is 10.2. The molecule has 2 atom stereocenters. The van der Waals surface area contributed by atoms with Gasteiger partial charge in [-0.05, 0) is 32.4 Å². The number of amides is 1. The first kappa shape index (κ1) is 17.4. The molecule has 23 heavy (non-hydrogen) atoms. The zero-order valence-electron chi connectivity index (χ0n) is 13.5. The number of nitrogens with zero attached hydrogens (tertiary/aromatic N) is 2. The molecule has 1 N–H and O–H groups in total. The second-order valence-corrected chi connectivity index (χ2v) is 5.93. The zero-order chi connectivity index (χ0) is 16.8. The molecule has 0 spiro atoms. The van der Waals surface area contributed by atoms with Crippen LogP contribution in [0.3, 0.4) is 0 Å². The van der Waals surface area contributed by atoms with Crippen molar-refractivity contribution in [2.24, 2.45) is 0 Å². The van der Waals surface area contributed by atoms with Crippen LogP contribution in [0.2, 0.25) is 0 Å². The van der Waals surface area contributed by atoms with Crippen LogP contribution in [0.25, 0.3) is 0 Å². The summed E-state index contributed by atoms with van der Waals surface area (Å²) in [7, 11) is 0. The van der Waals surface area contributed by atoms with Gasteiger partial charge >= 0.3 is 0 Å². The molecule has 1 aliphatic rings. The fourth-order valence-electron chi connectivity index (χ4n) is 2.81. The molecule has 1 amide bonds. The molecule has 0 radical (unpaired) electrons. The highest BCUT2D eigenvalue weighted by atomic mass is 16.6. The minimum atomic E-state index is -0.480. The van der Waals surface area contributed by atoms with Gasteiger partial charge in [0.2, 0.25) is 0 Å². The fourth-order valence-corrected chi connectivity index (χ4v) is 2.81. The number of ether oxygens (including phenoxy) is 1. The van der Waals surface area contributed by atoms with E-state index in [1.807, 2.05) is 0 Å². The van der Waals surface area contributed by atoms with Crippen molar-refractivity contribution < 1.29 is 14.5 Å². The monoisotopic (exact) mass is 321 g/mol. The quantitative estimate of drug-likeness (QED) is 0.491. The van der Waals surface area contributed by atoms with Crippen LogP contribution in [-0.4, -0.2) is 54.1 Å². The van der Waals surface area contributed by atoms with Crippen LogP contribution in [0.5, 0.6) is 0 Å². The number of hydrogen-bond donors (Lipinski definition) is 1. The average Bonchev–Trinajstić information content (AvgIpc) is 2.50. The van der Waals surface area contributed by atoms with E-state index in [-0.39, 0.29) is 23.8 Å². The number of hydrogen-bond acceptors (Lipinski definition) is 5. The Morgan fingerprint density at radius 3 is 2.48 bits per heavy atom. The van der Waals surface area contributed by atoms with Gasteiger partial charge in [0.1, 0.15) is 0 Å². The van der Waals surface area contributed by atoms with Crippen molar-refractivity contribution in [3.05, 3.63) is 39.9 Å². The summed E-state index contributed by atoms with van der Waals surface area (Å²) in [4.78, 5) is 24.4. The molecule has 0 unspecified atom stereocenters. The van der Waals surface area contributed by atoms with Crippen molar-refractivity contribution in [3.8, 4) is 0 Å². The van der Waals surface area contributed by atoms with Crippen molar-refractivity contribution in [3.63, 3.8) is 0 Å². The Morgan fingerprint density at radius 1 is 1.30 bits per heavy atom. The lowest BCUT2D eigenvalue weighted by Crippen LogP contribution is -2.46. The Bertz CT molecular complexity index is 537. The number of rotatable bonds is 6. The van der Waals surface area contributed by atoms with Gasteiger partial charge in [0.05, 0.1) is 17.1 Å². The fraction of sp³-hybridized carbons (Fsp3) is 0.562. The predicted octanol–water partition coefficient (Wildman–Crippen LogP) is 1.82. The molecule has 1 saturated heterocycles. The summed E-state index contributed by atoms with van der Waals surface area (Å²) < 4.78 is 5.69. The second kappa shape index (κ2) is 8.03. The van der Waals surface area contributed by atoms with Crippen LogP contribution in [0.1, 0.15) is 30.6 Å². The standard InChI is InChI=1S/C16H23N3O4/c1-12-10-18(11-13(2)23-12)9-3-8-17-16(20)14-4-6-15(7-5-14)19(21)22/h4-7,12-13H,3,8-11H2,1-2H3,(H,17,20)/t12-,13+. The van der Waals surface area contributed by atoms with Crippen LogP contribution in [0, 0.1) is 10.1 Å². The molecule has 0 aromatic heterocycles. The molecule has 7 nitrogen and oxygen atoms in total. The molecule has 2 rings (SSSR count). The number of nitro benzene ring substituents is 1. The maximum atomic E-state index is 12.0. The summed E-state index contributed by atoms with van der Waals surface area (Å²) in [6, 6.07) is 5.62. The van der Waals surface area contributed by atoms with Crippen molar-refractivity contribution in [1.29, 1.82) is 0 Å². The number of nitrogens with one attached hydrogen (secondary N) is 1. The van der Waals surface area contributed by atoms with Crippen molar-refractivity contribution in [1.82, 2.24) is 10.2 Å². The molecule has 1 aliphatic heterocycles. The Labute approximate surface area is 135 Å². The zero-order valence-corrected chi connectivity index (χ0v) is 13.5. The first-order chi connectivity index (χ1) is 11.0. The number of nitro groups is 1. The van der Waals surface area contributed by atoms with Gasteiger partial charge in [-0.2, -0.15) is 0 Å². The topological polar surface area (TPSA) is 84.7 Å². The summed E-state index contributed by atoms with van der Waals surface area (Å²) >= 11 is 0. The Balaban J connectivity index is 1.71. The number of benzene rings is 1. The van der Waals surface area contributed by atoms with Gasteiger partial charge in [0.15, 0.2) is 0 Å². The Hall–Kier alpha value is -1.99. The van der Waals surface area contributed by atoms with Gasteiger partial charge < -0.3 is 10.1 Å². The third kappa shape index (κ3) is 5.30. The maximum absolute atomic E-state index is 12.0. The van der Waals surface area contributed by atoms with Crippen LogP contribution >= 0.6 is 0 Å². The van der Waals surface area contributed by atoms with Crippen molar-refractivity contribution in [2.75, 3.05) is 26.2 Å². The van der Waals surface area contributed by atoms with Crippen LogP contribution in [0.15, 0.2) is 24.3 Å². The van der Waals surface area contributed by atoms with E-state index in [0.29, 0.717) is 12.1 Å². The maximum Gasteiger partial charge on any atom is 0.269 e. The number of non-ortho nitro benzene ring substituents is 1. The van der Waals surface area contributed by atoms with E-state index < -0.39 is 4.92 Å². The van der Waals surface area contributed by atoms with Crippen LogP contribution in [-0.2, 0) is 4.74 Å². The SMILES string of the molecule is C[C@@H]1CN(CCCNC(=O)c2ccc([N+](=O)[O-])cc2)C[C@H](C)O1. The van der Waals surface area contributed by atoms with Gasteiger partial charge in [-0.15, -0.1) is 0 Å². The van der Waals surface area contributed by atoms with Gasteiger partial charge in [-0.3, -0.25) is 19.8 Å². The normalized spacial score (nSPS) is 21.8. The summed E-state index contributed by atoms with van der Waals surface area (Å²) in [6.07, 6.45) is 1.35. The van der Waals surface area contributed by atoms with Gasteiger partial charge in [0, 0.05) is 43.9 Å². The highest BCUT2D eigenvalue weighted by Crippen LogP contribution is 2.12. The second-order valence-electron chi connectivity index (χ2n) is 5.93. The Morgan fingerprint density at radius 2 is 1.91 bits per heavy atom. The third-order valence-electron chi connectivity index (χ3n) is 3.77. The summed E-state index contributed by atoms with van der Waals surface area (Å²) in [5.41, 5.74) is 0.418. The molecular weight excluding hydrogens is 298 g/mol. The molecule has 0 saturated carbocycles. The predicted molar refractivity (Wildman–Crippen MR) is 86.5 cm³/mol. The van der Waals surface area contributed by atoms with E-state index >= 15 is 0 Å². The van der Waals surface area contributed by atoms with Gasteiger partial charge in [0.25, 0.3) is 11.6 Å². The summed E-state index contributed by atoms with van der Waals surface area (Å²) in [5, 5.41) is 13.4. The smallest absolute Gasteiger partial charge is 0.269 e. The van der Waals surface area contributed by atoms with Crippen molar-refractivity contribution in [2.45, 2.75) is 32.5 Å². The molecule has 7 heteroatoms. The van der Waals surface area contributed by atoms with E-state index in [1.165, 1.54) is 24.3 Å². The molecule has 0 aliphatic carbocycles. The van der Waals surface area contributed by atoms with E-state index in [4.69, 9.17) is 4.74 Å². The third-order valence-corrected chi connectivity index (χ3v) is 3.77. The highest BCUT2D eigenvalue weighted by Gasteiger charge is 2.21. The van der Waals surface area contributed by atoms with Gasteiger partial charge in [-0.1, -0.05) is 0 Å². The van der Waals surface area contributed by atoms with Crippen LogP contribution in [0.4, 0.5) is 5.69 Å². The summed E-state index contributed by atoms with van der Waals surface area (Å²) in [6.45, 7) is 7.47. The first-order valence-corrected chi connectivity index (χ1v) is 7.86.